The monoisotopic (exact) mass is 316 g/mol. The average Bonchev–Trinajstić information content (AvgIpc) is 3.05. The number of piperidine rings is 1. The highest BCUT2D eigenvalue weighted by Gasteiger charge is 2.25. The Bertz CT molecular complexity index is 668. The number of ether oxygens (including phenoxy) is 1. The van der Waals surface area contributed by atoms with Gasteiger partial charge in [0.25, 0.3) is 0 Å². The standard InChI is InChI=1S/C17H20N2O2S/c1-12(20)19-8-4-6-14(10-19)17-18-16(11-22-17)13-5-3-7-15(9-13)21-2/h3,5,7,9,11,14H,4,6,8,10H2,1-2H3/t14-/m1/s1. The van der Waals surface area contributed by atoms with Gasteiger partial charge in [0, 0.05) is 36.9 Å². The van der Waals surface area contributed by atoms with Crippen LogP contribution in [0.3, 0.4) is 0 Å². The highest BCUT2D eigenvalue weighted by atomic mass is 32.1. The van der Waals surface area contributed by atoms with E-state index in [-0.39, 0.29) is 5.91 Å². The maximum atomic E-state index is 11.6. The number of thiazole rings is 1. The molecule has 22 heavy (non-hydrogen) atoms. The summed E-state index contributed by atoms with van der Waals surface area (Å²) in [5.74, 6) is 1.36. The average molecular weight is 316 g/mol. The van der Waals surface area contributed by atoms with E-state index in [0.717, 1.165) is 47.9 Å². The predicted octanol–water partition coefficient (Wildman–Crippen LogP) is 3.54. The summed E-state index contributed by atoms with van der Waals surface area (Å²) in [5, 5.41) is 3.22. The number of aromatic nitrogens is 1. The Hall–Kier alpha value is -1.88. The first kappa shape index (κ1) is 15.0. The van der Waals surface area contributed by atoms with Crippen LogP contribution in [0, 0.1) is 0 Å². The number of likely N-dealkylation sites (tertiary alicyclic amines) is 1. The number of nitrogens with zero attached hydrogens (tertiary/aromatic N) is 2. The van der Waals surface area contributed by atoms with Crippen molar-refractivity contribution in [3.63, 3.8) is 0 Å². The molecule has 5 heteroatoms. The maximum absolute atomic E-state index is 11.6. The molecule has 116 valence electrons. The molecule has 1 aliphatic heterocycles. The molecule has 0 bridgehead atoms. The minimum Gasteiger partial charge on any atom is -0.497 e. The Labute approximate surface area is 134 Å². The van der Waals surface area contributed by atoms with Gasteiger partial charge in [0.15, 0.2) is 0 Å². The largest absolute Gasteiger partial charge is 0.497 e. The highest BCUT2D eigenvalue weighted by Crippen LogP contribution is 2.32. The first-order valence-corrected chi connectivity index (χ1v) is 8.40. The van der Waals surface area contributed by atoms with E-state index in [1.807, 2.05) is 29.2 Å². The Balaban J connectivity index is 1.79. The molecular weight excluding hydrogens is 296 g/mol. The van der Waals surface area contributed by atoms with Crippen LogP contribution in [-0.2, 0) is 4.79 Å². The first-order chi connectivity index (χ1) is 10.7. The lowest BCUT2D eigenvalue weighted by molar-refractivity contribution is -0.130. The van der Waals surface area contributed by atoms with Gasteiger partial charge in [0.1, 0.15) is 5.75 Å². The molecule has 0 spiro atoms. The number of hydrogen-bond donors (Lipinski definition) is 0. The second-order valence-corrected chi connectivity index (χ2v) is 6.50. The fourth-order valence-corrected chi connectivity index (χ4v) is 3.81. The van der Waals surface area contributed by atoms with Crippen molar-refractivity contribution in [3.05, 3.63) is 34.7 Å². The van der Waals surface area contributed by atoms with Gasteiger partial charge >= 0.3 is 0 Å². The van der Waals surface area contributed by atoms with Gasteiger partial charge < -0.3 is 9.64 Å². The fraction of sp³-hybridized carbons (Fsp3) is 0.412. The van der Waals surface area contributed by atoms with Crippen molar-refractivity contribution < 1.29 is 9.53 Å². The number of benzene rings is 1. The molecule has 1 aliphatic rings. The molecule has 0 aliphatic carbocycles. The molecule has 1 fully saturated rings. The van der Waals surface area contributed by atoms with Crippen molar-refractivity contribution in [1.29, 1.82) is 0 Å². The Morgan fingerprint density at radius 3 is 3.09 bits per heavy atom. The van der Waals surface area contributed by atoms with E-state index in [4.69, 9.17) is 9.72 Å². The summed E-state index contributed by atoms with van der Waals surface area (Å²) in [6, 6.07) is 7.96. The van der Waals surface area contributed by atoms with E-state index in [0.29, 0.717) is 5.92 Å². The molecule has 1 amide bonds. The van der Waals surface area contributed by atoms with E-state index in [9.17, 15) is 4.79 Å². The topological polar surface area (TPSA) is 42.4 Å². The molecule has 2 aromatic rings. The molecule has 0 N–H and O–H groups in total. The summed E-state index contributed by atoms with van der Waals surface area (Å²) in [7, 11) is 1.67. The van der Waals surface area contributed by atoms with Gasteiger partial charge in [0.05, 0.1) is 17.8 Å². The van der Waals surface area contributed by atoms with Gasteiger partial charge in [-0.3, -0.25) is 4.79 Å². The van der Waals surface area contributed by atoms with Crippen LogP contribution in [0.15, 0.2) is 29.6 Å². The van der Waals surface area contributed by atoms with Crippen LogP contribution in [-0.4, -0.2) is 36.0 Å². The summed E-state index contributed by atoms with van der Waals surface area (Å²) in [6.07, 6.45) is 2.16. The van der Waals surface area contributed by atoms with Crippen molar-refractivity contribution in [3.8, 4) is 17.0 Å². The second kappa shape index (κ2) is 6.48. The first-order valence-electron chi connectivity index (χ1n) is 7.52. The number of amides is 1. The Kier molecular flexibility index (Phi) is 4.43. The fourth-order valence-electron chi connectivity index (χ4n) is 2.85. The summed E-state index contributed by atoms with van der Waals surface area (Å²) in [6.45, 7) is 3.31. The van der Waals surface area contributed by atoms with Crippen LogP contribution in [0.4, 0.5) is 0 Å². The number of methoxy groups -OCH3 is 1. The van der Waals surface area contributed by atoms with Gasteiger partial charge in [-0.05, 0) is 25.0 Å². The molecule has 0 unspecified atom stereocenters. The normalized spacial score (nSPS) is 18.3. The Morgan fingerprint density at radius 1 is 1.45 bits per heavy atom. The number of carbonyl (C=O) groups excluding carboxylic acids is 1. The van der Waals surface area contributed by atoms with Gasteiger partial charge in [-0.25, -0.2) is 4.98 Å². The SMILES string of the molecule is COc1cccc(-c2csc([C@@H]3CCCN(C(C)=O)C3)n2)c1. The Morgan fingerprint density at radius 2 is 2.32 bits per heavy atom. The molecule has 3 rings (SSSR count). The molecule has 4 nitrogen and oxygen atoms in total. The lowest BCUT2D eigenvalue weighted by atomic mass is 9.98. The van der Waals surface area contributed by atoms with E-state index >= 15 is 0 Å². The third kappa shape index (κ3) is 3.14. The van der Waals surface area contributed by atoms with E-state index < -0.39 is 0 Å². The van der Waals surface area contributed by atoms with Crippen molar-refractivity contribution in [2.75, 3.05) is 20.2 Å². The van der Waals surface area contributed by atoms with Gasteiger partial charge in [0.2, 0.25) is 5.91 Å². The predicted molar refractivity (Wildman–Crippen MR) is 88.3 cm³/mol. The van der Waals surface area contributed by atoms with Crippen LogP contribution in [0.1, 0.15) is 30.7 Å². The summed E-state index contributed by atoms with van der Waals surface area (Å²) >= 11 is 1.69. The van der Waals surface area contributed by atoms with Crippen molar-refractivity contribution in [2.45, 2.75) is 25.7 Å². The number of rotatable bonds is 3. The van der Waals surface area contributed by atoms with Crippen LogP contribution in [0.5, 0.6) is 5.75 Å². The molecule has 1 saturated heterocycles. The summed E-state index contributed by atoms with van der Waals surface area (Å²) in [5.41, 5.74) is 2.06. The molecule has 1 atom stereocenters. The van der Waals surface area contributed by atoms with Crippen LogP contribution in [0.25, 0.3) is 11.3 Å². The molecule has 0 radical (unpaired) electrons. The number of hydrogen-bond acceptors (Lipinski definition) is 4. The zero-order chi connectivity index (χ0) is 15.5. The third-order valence-electron chi connectivity index (χ3n) is 4.10. The van der Waals surface area contributed by atoms with Crippen LogP contribution >= 0.6 is 11.3 Å². The smallest absolute Gasteiger partial charge is 0.219 e. The van der Waals surface area contributed by atoms with Crippen LogP contribution in [0.2, 0.25) is 0 Å². The minimum absolute atomic E-state index is 0.161. The van der Waals surface area contributed by atoms with Gasteiger partial charge in [-0.2, -0.15) is 0 Å². The third-order valence-corrected chi connectivity index (χ3v) is 5.11. The molecule has 1 aromatic heterocycles. The number of carbonyl (C=O) groups is 1. The molecule has 1 aromatic carbocycles. The van der Waals surface area contributed by atoms with E-state index in [1.165, 1.54) is 0 Å². The lowest BCUT2D eigenvalue weighted by Gasteiger charge is -2.30. The second-order valence-electron chi connectivity index (χ2n) is 5.61. The highest BCUT2D eigenvalue weighted by molar-refractivity contribution is 7.10. The zero-order valence-corrected chi connectivity index (χ0v) is 13.7. The molecule has 2 heterocycles. The summed E-state index contributed by atoms with van der Waals surface area (Å²) < 4.78 is 5.27. The van der Waals surface area contributed by atoms with Gasteiger partial charge in [-0.15, -0.1) is 11.3 Å². The maximum Gasteiger partial charge on any atom is 0.219 e. The van der Waals surface area contributed by atoms with Crippen molar-refractivity contribution >= 4 is 17.2 Å². The van der Waals surface area contributed by atoms with Crippen LogP contribution < -0.4 is 4.74 Å². The molecular formula is C17H20N2O2S. The lowest BCUT2D eigenvalue weighted by Crippen LogP contribution is -2.37. The summed E-state index contributed by atoms with van der Waals surface area (Å²) in [4.78, 5) is 18.3. The van der Waals surface area contributed by atoms with E-state index in [1.54, 1.807) is 25.4 Å². The molecule has 0 saturated carbocycles. The van der Waals surface area contributed by atoms with Crippen molar-refractivity contribution in [2.24, 2.45) is 0 Å². The quantitative estimate of drug-likeness (QED) is 0.870. The minimum atomic E-state index is 0.161. The van der Waals surface area contributed by atoms with E-state index in [2.05, 4.69) is 5.38 Å². The van der Waals surface area contributed by atoms with Crippen molar-refractivity contribution in [1.82, 2.24) is 9.88 Å². The van der Waals surface area contributed by atoms with Gasteiger partial charge in [-0.1, -0.05) is 12.1 Å². The zero-order valence-electron chi connectivity index (χ0n) is 12.9.